The molecule has 1 atom stereocenters. The summed E-state index contributed by atoms with van der Waals surface area (Å²) >= 11 is 0. The molecular weight excluding hydrogens is 346 g/mol. The van der Waals surface area contributed by atoms with Crippen LogP contribution in [0.1, 0.15) is 26.2 Å². The number of guanidine groups is 1. The minimum atomic E-state index is -0.0332. The maximum atomic E-state index is 9.33. The van der Waals surface area contributed by atoms with Gasteiger partial charge in [-0.15, -0.1) is 0 Å². The normalized spacial score (nSPS) is 19.7. The van der Waals surface area contributed by atoms with Crippen LogP contribution in [0, 0.1) is 5.41 Å². The fourth-order valence-electron chi connectivity index (χ4n) is 3.02. The molecule has 0 saturated carbocycles. The van der Waals surface area contributed by atoms with Gasteiger partial charge in [0.05, 0.1) is 26.9 Å². The third kappa shape index (κ3) is 7.27. The topological polar surface area (TPSA) is 84.3 Å². The van der Waals surface area contributed by atoms with Gasteiger partial charge < -0.3 is 30.0 Å². The molecule has 1 aliphatic heterocycles. The average Bonchev–Trinajstić information content (AvgIpc) is 3.15. The molecule has 0 aliphatic carbocycles. The van der Waals surface area contributed by atoms with Crippen LogP contribution in [0.3, 0.4) is 0 Å². The van der Waals surface area contributed by atoms with Crippen LogP contribution in [0.25, 0.3) is 0 Å². The monoisotopic (exact) mass is 379 g/mol. The molecule has 152 valence electrons. The number of nitrogens with one attached hydrogen (secondary N) is 2. The first kappa shape index (κ1) is 21.3. The Morgan fingerprint density at radius 1 is 1.26 bits per heavy atom. The van der Waals surface area contributed by atoms with Crippen LogP contribution in [0.4, 0.5) is 0 Å². The molecule has 1 unspecified atom stereocenters. The van der Waals surface area contributed by atoms with Crippen molar-refractivity contribution in [1.82, 2.24) is 10.6 Å². The number of ether oxygens (including phenoxy) is 3. The second-order valence-electron chi connectivity index (χ2n) is 6.78. The molecular formula is C20H33N3O4. The smallest absolute Gasteiger partial charge is 0.191 e. The fourth-order valence-corrected chi connectivity index (χ4v) is 3.02. The molecule has 0 bridgehead atoms. The Labute approximate surface area is 162 Å². The lowest BCUT2D eigenvalue weighted by atomic mass is 9.84. The Balaban J connectivity index is 1.73. The first-order valence-corrected chi connectivity index (χ1v) is 9.69. The third-order valence-electron chi connectivity index (χ3n) is 4.69. The van der Waals surface area contributed by atoms with Crippen molar-refractivity contribution in [1.29, 1.82) is 0 Å². The molecule has 1 aromatic rings. The molecule has 0 radical (unpaired) electrons. The molecule has 7 nitrogen and oxygen atoms in total. The van der Waals surface area contributed by atoms with Crippen LogP contribution in [0.2, 0.25) is 0 Å². The van der Waals surface area contributed by atoms with Crippen molar-refractivity contribution < 1.29 is 19.3 Å². The summed E-state index contributed by atoms with van der Waals surface area (Å²) in [7, 11) is 1.65. The fraction of sp³-hybridized carbons (Fsp3) is 0.650. The Kier molecular flexibility index (Phi) is 9.21. The molecule has 1 saturated heterocycles. The summed E-state index contributed by atoms with van der Waals surface area (Å²) in [6.07, 6.45) is 2.54. The van der Waals surface area contributed by atoms with Crippen LogP contribution in [0.5, 0.6) is 11.5 Å². The van der Waals surface area contributed by atoms with Gasteiger partial charge in [0.15, 0.2) is 5.96 Å². The van der Waals surface area contributed by atoms with Crippen molar-refractivity contribution in [2.45, 2.75) is 26.2 Å². The van der Waals surface area contributed by atoms with Crippen LogP contribution in [0.15, 0.2) is 29.3 Å². The standard InChI is InChI=1S/C20H33N3O4/c1-3-21-19(23-15-20(9-12-24)10-14-26-16-20)22-11-4-13-27-18-7-5-17(25-2)6-8-18/h5-8,24H,3-4,9-16H2,1-2H3,(H2,21,22,23). The van der Waals surface area contributed by atoms with Crippen LogP contribution in [-0.2, 0) is 4.74 Å². The van der Waals surface area contributed by atoms with E-state index in [1.54, 1.807) is 7.11 Å². The van der Waals surface area contributed by atoms with Gasteiger partial charge in [0.25, 0.3) is 0 Å². The van der Waals surface area contributed by atoms with Crippen LogP contribution < -0.4 is 20.1 Å². The molecule has 0 amide bonds. The molecule has 1 heterocycles. The van der Waals surface area contributed by atoms with Gasteiger partial charge in [-0.25, -0.2) is 0 Å². The predicted molar refractivity (Wildman–Crippen MR) is 107 cm³/mol. The van der Waals surface area contributed by atoms with E-state index >= 15 is 0 Å². The number of aliphatic imine (C=N–C) groups is 1. The van der Waals surface area contributed by atoms with Crippen molar-refractivity contribution >= 4 is 5.96 Å². The van der Waals surface area contributed by atoms with Gasteiger partial charge in [0.2, 0.25) is 0 Å². The van der Waals surface area contributed by atoms with Gasteiger partial charge in [-0.05, 0) is 50.5 Å². The Morgan fingerprint density at radius 3 is 2.67 bits per heavy atom. The van der Waals surface area contributed by atoms with Gasteiger partial charge in [-0.3, -0.25) is 4.99 Å². The zero-order valence-corrected chi connectivity index (χ0v) is 16.5. The van der Waals surface area contributed by atoms with Crippen molar-refractivity contribution in [3.05, 3.63) is 24.3 Å². The molecule has 1 fully saturated rings. The molecule has 2 rings (SSSR count). The van der Waals surface area contributed by atoms with E-state index in [1.165, 1.54) is 0 Å². The van der Waals surface area contributed by atoms with E-state index in [4.69, 9.17) is 19.2 Å². The van der Waals surface area contributed by atoms with E-state index in [-0.39, 0.29) is 12.0 Å². The maximum Gasteiger partial charge on any atom is 0.191 e. The molecule has 0 aromatic heterocycles. The van der Waals surface area contributed by atoms with Gasteiger partial charge in [0.1, 0.15) is 11.5 Å². The lowest BCUT2D eigenvalue weighted by Crippen LogP contribution is -2.39. The number of rotatable bonds is 11. The van der Waals surface area contributed by atoms with Crippen LogP contribution >= 0.6 is 0 Å². The highest BCUT2D eigenvalue weighted by molar-refractivity contribution is 5.79. The molecule has 0 spiro atoms. The summed E-state index contributed by atoms with van der Waals surface area (Å²) in [5.41, 5.74) is -0.0332. The molecule has 1 aromatic carbocycles. The first-order valence-electron chi connectivity index (χ1n) is 9.69. The second-order valence-corrected chi connectivity index (χ2v) is 6.78. The second kappa shape index (κ2) is 11.7. The summed E-state index contributed by atoms with van der Waals surface area (Å²) < 4.78 is 16.4. The molecule has 3 N–H and O–H groups in total. The molecule has 7 heteroatoms. The lowest BCUT2D eigenvalue weighted by Gasteiger charge is -2.24. The van der Waals surface area contributed by atoms with E-state index in [0.717, 1.165) is 56.4 Å². The van der Waals surface area contributed by atoms with Gasteiger partial charge >= 0.3 is 0 Å². The maximum absolute atomic E-state index is 9.33. The number of hydrogen-bond acceptors (Lipinski definition) is 5. The van der Waals surface area contributed by atoms with Crippen molar-refractivity contribution in [2.75, 3.05) is 53.2 Å². The van der Waals surface area contributed by atoms with E-state index in [0.29, 0.717) is 19.8 Å². The first-order chi connectivity index (χ1) is 13.2. The third-order valence-corrected chi connectivity index (χ3v) is 4.69. The number of aliphatic hydroxyl groups is 1. The highest BCUT2D eigenvalue weighted by Gasteiger charge is 2.34. The minimum Gasteiger partial charge on any atom is -0.497 e. The summed E-state index contributed by atoms with van der Waals surface area (Å²) in [5.74, 6) is 2.46. The largest absolute Gasteiger partial charge is 0.497 e. The molecule has 27 heavy (non-hydrogen) atoms. The zero-order chi connectivity index (χ0) is 19.4. The lowest BCUT2D eigenvalue weighted by molar-refractivity contribution is 0.131. The number of benzene rings is 1. The summed E-state index contributed by atoms with van der Waals surface area (Å²) in [4.78, 5) is 4.71. The van der Waals surface area contributed by atoms with Crippen molar-refractivity contribution in [3.63, 3.8) is 0 Å². The summed E-state index contributed by atoms with van der Waals surface area (Å²) in [6, 6.07) is 7.58. The van der Waals surface area contributed by atoms with Gasteiger partial charge in [-0.2, -0.15) is 0 Å². The number of methoxy groups -OCH3 is 1. The number of hydrogen-bond donors (Lipinski definition) is 3. The highest BCUT2D eigenvalue weighted by Crippen LogP contribution is 2.32. The Bertz CT molecular complexity index is 557. The summed E-state index contributed by atoms with van der Waals surface area (Å²) in [6.45, 7) is 6.50. The van der Waals surface area contributed by atoms with E-state index < -0.39 is 0 Å². The Morgan fingerprint density at radius 2 is 2.04 bits per heavy atom. The van der Waals surface area contributed by atoms with E-state index in [1.807, 2.05) is 31.2 Å². The SMILES string of the molecule is CCNC(=NCC1(CCO)CCOC1)NCCCOc1ccc(OC)cc1. The van der Waals surface area contributed by atoms with Crippen molar-refractivity contribution in [2.24, 2.45) is 10.4 Å². The van der Waals surface area contributed by atoms with Gasteiger partial charge in [-0.1, -0.05) is 0 Å². The van der Waals surface area contributed by atoms with Crippen molar-refractivity contribution in [3.8, 4) is 11.5 Å². The quantitative estimate of drug-likeness (QED) is 0.309. The predicted octanol–water partition coefficient (Wildman–Crippen LogP) is 1.81. The number of nitrogens with zero attached hydrogens (tertiary/aromatic N) is 1. The number of aliphatic hydroxyl groups excluding tert-OH is 1. The Hall–Kier alpha value is -1.99. The van der Waals surface area contributed by atoms with Gasteiger partial charge in [0, 0.05) is 31.7 Å². The zero-order valence-electron chi connectivity index (χ0n) is 16.5. The summed E-state index contributed by atoms with van der Waals surface area (Å²) in [5, 5.41) is 15.9. The van der Waals surface area contributed by atoms with Crippen LogP contribution in [-0.4, -0.2) is 64.2 Å². The molecule has 1 aliphatic rings. The van der Waals surface area contributed by atoms with E-state index in [2.05, 4.69) is 10.6 Å². The highest BCUT2D eigenvalue weighted by atomic mass is 16.5. The minimum absolute atomic E-state index is 0.0332. The van der Waals surface area contributed by atoms with E-state index in [9.17, 15) is 5.11 Å². The average molecular weight is 380 g/mol.